The Kier molecular flexibility index (Phi) is 11.6. The van der Waals surface area contributed by atoms with Crippen molar-refractivity contribution in [3.63, 3.8) is 0 Å². The van der Waals surface area contributed by atoms with Crippen LogP contribution in [0.25, 0.3) is 0 Å². The molecule has 0 spiro atoms. The maximum absolute atomic E-state index is 10.7. The van der Waals surface area contributed by atoms with E-state index >= 15 is 0 Å². The van der Waals surface area contributed by atoms with Crippen LogP contribution in [-0.2, 0) is 16.8 Å². The van der Waals surface area contributed by atoms with Crippen molar-refractivity contribution in [2.75, 3.05) is 19.0 Å². The molecular weight excluding hydrogens is 609 g/mol. The summed E-state index contributed by atoms with van der Waals surface area (Å²) in [7, 11) is 3.66. The molecule has 0 heterocycles. The van der Waals surface area contributed by atoms with Crippen LogP contribution in [0.2, 0.25) is 0 Å². The van der Waals surface area contributed by atoms with Gasteiger partial charge in [-0.25, -0.2) is 0 Å². The number of azo groups is 2. The fourth-order valence-corrected chi connectivity index (χ4v) is 3.22. The first-order chi connectivity index (χ1) is 19.8. The van der Waals surface area contributed by atoms with Crippen LogP contribution < -0.4 is 4.90 Å². The van der Waals surface area contributed by atoms with E-state index in [1.165, 1.54) is 24.3 Å². The Balaban J connectivity index is 0.000000295. The quantitative estimate of drug-likeness (QED) is 0.0914. The van der Waals surface area contributed by atoms with Gasteiger partial charge in [-0.05, 0) is 48.9 Å². The van der Waals surface area contributed by atoms with E-state index in [0.717, 1.165) is 35.5 Å². The Bertz CT molecular complexity index is 1700. The van der Waals surface area contributed by atoms with E-state index in [4.69, 9.17) is 0 Å². The van der Waals surface area contributed by atoms with Crippen molar-refractivity contribution in [3.8, 4) is 23.0 Å². The summed E-state index contributed by atoms with van der Waals surface area (Å²) in [5.41, 5.74) is 1.54. The van der Waals surface area contributed by atoms with Crippen molar-refractivity contribution >= 4 is 39.8 Å². The van der Waals surface area contributed by atoms with Crippen LogP contribution in [0.5, 0.6) is 23.0 Å². The van der Waals surface area contributed by atoms with E-state index < -0.39 is 9.85 Å². The topological polar surface area (TPSA) is 220 Å². The maximum atomic E-state index is 10.7. The molecule has 0 saturated heterocycles. The van der Waals surface area contributed by atoms with E-state index in [0.29, 0.717) is 0 Å². The van der Waals surface area contributed by atoms with Gasteiger partial charge in [-0.2, -0.15) is 0 Å². The van der Waals surface area contributed by atoms with Crippen LogP contribution in [0.3, 0.4) is 0 Å². The van der Waals surface area contributed by atoms with E-state index in [1.807, 2.05) is 25.9 Å². The average Bonchev–Trinajstić information content (AvgIpc) is 2.93. The fraction of sp³-hybridized carbons (Fsp3) is 0.111. The summed E-state index contributed by atoms with van der Waals surface area (Å²) < 4.78 is 0. The predicted molar refractivity (Wildman–Crippen MR) is 153 cm³/mol. The van der Waals surface area contributed by atoms with Gasteiger partial charge in [-0.1, -0.05) is 6.07 Å². The summed E-state index contributed by atoms with van der Waals surface area (Å²) in [5, 5.41) is 75.1. The Hall–Kier alpha value is -5.61. The third-order valence-electron chi connectivity index (χ3n) is 5.48. The zero-order valence-electron chi connectivity index (χ0n) is 22.8. The van der Waals surface area contributed by atoms with Gasteiger partial charge in [0.05, 0.1) is 9.85 Å². The van der Waals surface area contributed by atoms with Crippen molar-refractivity contribution in [1.29, 1.82) is 0 Å². The molecule has 0 unspecified atom stereocenters. The van der Waals surface area contributed by atoms with Crippen molar-refractivity contribution in [3.05, 3.63) is 98.6 Å². The molecule has 0 fully saturated rings. The monoisotopic (exact) mass is 634 g/mol. The second-order valence-electron chi connectivity index (χ2n) is 8.82. The number of aryl methyl sites for hydroxylation is 1. The number of nitro benzene ring substituents is 2. The molecule has 1 radical (unpaired) electrons. The minimum absolute atomic E-state index is 0. The van der Waals surface area contributed by atoms with Crippen LogP contribution in [-0.4, -0.2) is 44.4 Å². The summed E-state index contributed by atoms with van der Waals surface area (Å²) in [6, 6.07) is 16.5. The van der Waals surface area contributed by atoms with Gasteiger partial charge in [-0.3, -0.25) is 20.2 Å². The van der Waals surface area contributed by atoms with Gasteiger partial charge >= 0.3 is 0 Å². The maximum Gasteiger partial charge on any atom is 0.271 e. The zero-order valence-corrected chi connectivity index (χ0v) is 23.9. The summed E-state index contributed by atoms with van der Waals surface area (Å²) in [6.07, 6.45) is 0. The number of non-ortho nitro benzene ring substituents is 2. The van der Waals surface area contributed by atoms with E-state index in [-0.39, 0.29) is 73.9 Å². The average molecular weight is 634 g/mol. The zero-order chi connectivity index (χ0) is 31.0. The van der Waals surface area contributed by atoms with Gasteiger partial charge in [0.25, 0.3) is 11.4 Å². The molecule has 0 aliphatic rings. The van der Waals surface area contributed by atoms with Crippen LogP contribution in [0.4, 0.5) is 39.8 Å². The predicted octanol–water partition coefficient (Wildman–Crippen LogP) is 7.21. The van der Waals surface area contributed by atoms with Gasteiger partial charge in [0.15, 0.2) is 0 Å². The second-order valence-corrected chi connectivity index (χ2v) is 8.82. The first kappa shape index (κ1) is 33.6. The number of aromatic hydroxyl groups is 4. The molecule has 0 aliphatic carbocycles. The van der Waals surface area contributed by atoms with Gasteiger partial charge in [0.2, 0.25) is 0 Å². The summed E-state index contributed by atoms with van der Waals surface area (Å²) in [5.74, 6) is -0.608. The van der Waals surface area contributed by atoms with Crippen molar-refractivity contribution in [2.24, 2.45) is 20.5 Å². The second kappa shape index (κ2) is 14.9. The van der Waals surface area contributed by atoms with E-state index in [1.54, 1.807) is 24.3 Å². The third kappa shape index (κ3) is 9.20. The number of hydrogen-bond donors (Lipinski definition) is 4. The Morgan fingerprint density at radius 2 is 1.00 bits per heavy atom. The number of rotatable bonds is 7. The fourth-order valence-electron chi connectivity index (χ4n) is 3.22. The third-order valence-corrected chi connectivity index (χ3v) is 5.48. The summed E-state index contributed by atoms with van der Waals surface area (Å²) in [6.45, 7) is 1.81. The molecule has 0 saturated carbocycles. The Morgan fingerprint density at radius 1 is 0.581 bits per heavy atom. The van der Waals surface area contributed by atoms with Gasteiger partial charge in [0, 0.05) is 66.9 Å². The molecule has 0 bridgehead atoms. The minimum atomic E-state index is -0.595. The Morgan fingerprint density at radius 3 is 1.40 bits per heavy atom. The van der Waals surface area contributed by atoms with E-state index in [2.05, 4.69) is 20.5 Å². The molecule has 0 aromatic heterocycles. The summed E-state index contributed by atoms with van der Waals surface area (Å²) >= 11 is 0. The molecule has 4 aromatic rings. The number of phenolic OH excluding ortho intramolecular Hbond substituents is 4. The molecule has 4 N–H and O–H groups in total. The number of hydrogen-bond acceptors (Lipinski definition) is 13. The van der Waals surface area contributed by atoms with E-state index in [9.17, 15) is 40.7 Å². The number of benzene rings is 4. The first-order valence-electron chi connectivity index (χ1n) is 11.9. The van der Waals surface area contributed by atoms with Gasteiger partial charge < -0.3 is 25.3 Å². The summed E-state index contributed by atoms with van der Waals surface area (Å²) in [4.78, 5) is 22.0. The number of nitro groups is 2. The molecule has 43 heavy (non-hydrogen) atoms. The number of anilines is 1. The van der Waals surface area contributed by atoms with Crippen molar-refractivity contribution in [1.82, 2.24) is 0 Å². The standard InChI is InChI=1S/C14H14N4O4.C13H11N3O4.Co/c1-17(2)9-3-5-11(14(20)8-9)15-16-12-7-10(18(21)22)4-6-13(12)19;1-8-2-4-10(13(18)6-8)14-15-11-7-9(16(19)20)3-5-12(11)17;/h3-8,19-20H,1-2H3;2-7,17-18H,1H3;. The molecule has 225 valence electrons. The van der Waals surface area contributed by atoms with Crippen LogP contribution in [0, 0.1) is 27.2 Å². The van der Waals surface area contributed by atoms with Crippen LogP contribution in [0.1, 0.15) is 5.56 Å². The van der Waals surface area contributed by atoms with Crippen molar-refractivity contribution in [2.45, 2.75) is 6.92 Å². The van der Waals surface area contributed by atoms with Crippen molar-refractivity contribution < 1.29 is 47.1 Å². The molecule has 0 aliphatic heterocycles. The van der Waals surface area contributed by atoms with Crippen LogP contribution >= 0.6 is 0 Å². The SMILES string of the molecule is CN(C)c1ccc(N=Nc2cc([N+](=O)[O-])ccc2O)c(O)c1.Cc1ccc(N=Nc2cc([N+](=O)[O-])ccc2O)c(O)c1.[Co]. The molecule has 4 aromatic carbocycles. The first-order valence-corrected chi connectivity index (χ1v) is 11.9. The molecular formula is C27H25CoN7O8. The Labute approximate surface area is 254 Å². The molecule has 16 heteroatoms. The minimum Gasteiger partial charge on any atom is -0.506 e. The van der Waals surface area contributed by atoms with Crippen LogP contribution in [0.15, 0.2) is 93.3 Å². The molecule has 0 atom stereocenters. The largest absolute Gasteiger partial charge is 0.506 e. The molecule has 0 amide bonds. The van der Waals surface area contributed by atoms with Gasteiger partial charge in [-0.15, -0.1) is 20.5 Å². The number of phenols is 4. The smallest absolute Gasteiger partial charge is 0.271 e. The van der Waals surface area contributed by atoms with Gasteiger partial charge in [0.1, 0.15) is 45.7 Å². The molecule has 4 rings (SSSR count). The normalized spacial score (nSPS) is 10.6. The number of nitrogens with zero attached hydrogens (tertiary/aromatic N) is 7. The molecule has 15 nitrogen and oxygen atoms in total.